The number of carbonyl (C=O) groups excluding carboxylic acids is 1. The van der Waals surface area contributed by atoms with Gasteiger partial charge in [-0.3, -0.25) is 14.5 Å². The Hall–Kier alpha value is -3.74. The summed E-state index contributed by atoms with van der Waals surface area (Å²) in [6.45, 7) is 0. The first-order valence-electron chi connectivity index (χ1n) is 7.60. The number of anilines is 1. The third kappa shape index (κ3) is 3.02. The van der Waals surface area contributed by atoms with Crippen LogP contribution >= 0.6 is 0 Å². The molecule has 1 N–H and O–H groups in total. The van der Waals surface area contributed by atoms with Crippen LogP contribution < -0.4 is 10.1 Å². The fourth-order valence-electron chi connectivity index (χ4n) is 2.34. The normalized spacial score (nSPS) is 10.6. The van der Waals surface area contributed by atoms with Crippen LogP contribution in [0.2, 0.25) is 0 Å². The summed E-state index contributed by atoms with van der Waals surface area (Å²) in [5.74, 6) is 0.774. The number of fused-ring (bicyclic) bond motifs is 1. The Morgan fingerprint density at radius 1 is 0.960 bits per heavy atom. The minimum absolute atomic E-state index is 0.222. The molecule has 0 fully saturated rings. The molecular formula is C18H13N5O2. The molecule has 122 valence electrons. The van der Waals surface area contributed by atoms with E-state index in [0.717, 1.165) is 0 Å². The first-order chi connectivity index (χ1) is 12.3. The van der Waals surface area contributed by atoms with Gasteiger partial charge in [-0.05, 0) is 36.4 Å². The Bertz CT molecular complexity index is 1030. The monoisotopic (exact) mass is 331 g/mol. The molecule has 0 atom stereocenters. The first-order valence-corrected chi connectivity index (χ1v) is 7.60. The molecule has 1 aromatic carbocycles. The molecule has 0 spiro atoms. The van der Waals surface area contributed by atoms with Gasteiger partial charge in [-0.15, -0.1) is 10.2 Å². The molecule has 0 aliphatic rings. The van der Waals surface area contributed by atoms with Gasteiger partial charge in [0.1, 0.15) is 11.3 Å². The second kappa shape index (κ2) is 6.40. The molecule has 7 heteroatoms. The maximum atomic E-state index is 12.7. The number of ether oxygens (including phenoxy) is 1. The van der Waals surface area contributed by atoms with Crippen LogP contribution in [0.1, 0.15) is 10.4 Å². The Kier molecular flexibility index (Phi) is 3.80. The molecule has 1 amide bonds. The third-order valence-electron chi connectivity index (χ3n) is 3.51. The zero-order valence-electron chi connectivity index (χ0n) is 13.0. The number of nitrogens with one attached hydrogen (secondary N) is 1. The van der Waals surface area contributed by atoms with Gasteiger partial charge in [0.05, 0.1) is 0 Å². The predicted octanol–water partition coefficient (Wildman–Crippen LogP) is 3.17. The summed E-state index contributed by atoms with van der Waals surface area (Å²) in [5, 5.41) is 10.7. The Morgan fingerprint density at radius 3 is 2.68 bits per heavy atom. The number of amides is 1. The second-order valence-corrected chi connectivity index (χ2v) is 5.18. The molecule has 0 radical (unpaired) electrons. The highest BCUT2D eigenvalue weighted by Crippen LogP contribution is 2.23. The van der Waals surface area contributed by atoms with Crippen LogP contribution in [0, 0.1) is 0 Å². The molecule has 7 nitrogen and oxygen atoms in total. The van der Waals surface area contributed by atoms with Crippen LogP contribution in [0.3, 0.4) is 0 Å². The lowest BCUT2D eigenvalue weighted by Gasteiger charge is -2.09. The van der Waals surface area contributed by atoms with Gasteiger partial charge in [0.2, 0.25) is 11.8 Å². The van der Waals surface area contributed by atoms with Gasteiger partial charge >= 0.3 is 0 Å². The molecular weight excluding hydrogens is 318 g/mol. The van der Waals surface area contributed by atoms with E-state index < -0.39 is 0 Å². The molecule has 0 aliphatic carbocycles. The van der Waals surface area contributed by atoms with Gasteiger partial charge in [0, 0.05) is 12.4 Å². The highest BCUT2D eigenvalue weighted by Gasteiger charge is 2.16. The quantitative estimate of drug-likeness (QED) is 0.621. The van der Waals surface area contributed by atoms with E-state index in [-0.39, 0.29) is 11.8 Å². The van der Waals surface area contributed by atoms with Crippen molar-refractivity contribution in [2.45, 2.75) is 0 Å². The summed E-state index contributed by atoms with van der Waals surface area (Å²) in [6, 6.07) is 18.0. The van der Waals surface area contributed by atoms with Crippen molar-refractivity contribution in [3.8, 4) is 11.6 Å². The highest BCUT2D eigenvalue weighted by molar-refractivity contribution is 6.05. The van der Waals surface area contributed by atoms with Crippen molar-refractivity contribution in [2.75, 3.05) is 5.32 Å². The van der Waals surface area contributed by atoms with Crippen molar-refractivity contribution in [2.24, 2.45) is 0 Å². The SMILES string of the molecule is O=C(Nc1nnc2ccccn12)c1cccnc1Oc1ccccc1. The maximum Gasteiger partial charge on any atom is 0.263 e. The van der Waals surface area contributed by atoms with Gasteiger partial charge < -0.3 is 4.74 Å². The van der Waals surface area contributed by atoms with E-state index in [2.05, 4.69) is 20.5 Å². The highest BCUT2D eigenvalue weighted by atomic mass is 16.5. The van der Waals surface area contributed by atoms with E-state index in [1.165, 1.54) is 0 Å². The molecule has 0 aliphatic heterocycles. The van der Waals surface area contributed by atoms with E-state index >= 15 is 0 Å². The fourth-order valence-corrected chi connectivity index (χ4v) is 2.34. The summed E-state index contributed by atoms with van der Waals surface area (Å²) >= 11 is 0. The van der Waals surface area contributed by atoms with Crippen LogP contribution in [0.25, 0.3) is 5.65 Å². The lowest BCUT2D eigenvalue weighted by molar-refractivity contribution is 0.102. The summed E-state index contributed by atoms with van der Waals surface area (Å²) < 4.78 is 7.41. The largest absolute Gasteiger partial charge is 0.438 e. The number of pyridine rings is 2. The summed E-state index contributed by atoms with van der Waals surface area (Å²) in [7, 11) is 0. The molecule has 3 aromatic heterocycles. The van der Waals surface area contributed by atoms with Gasteiger partial charge in [-0.1, -0.05) is 24.3 Å². The molecule has 0 saturated carbocycles. The molecule has 4 aromatic rings. The Labute approximate surface area is 142 Å². The number of rotatable bonds is 4. The van der Waals surface area contributed by atoms with E-state index in [0.29, 0.717) is 22.9 Å². The average molecular weight is 331 g/mol. The van der Waals surface area contributed by atoms with Crippen LogP contribution in [0.15, 0.2) is 73.1 Å². The predicted molar refractivity (Wildman–Crippen MR) is 91.7 cm³/mol. The zero-order chi connectivity index (χ0) is 17.1. The van der Waals surface area contributed by atoms with E-state index in [4.69, 9.17) is 4.74 Å². The minimum Gasteiger partial charge on any atom is -0.438 e. The molecule has 0 bridgehead atoms. The van der Waals surface area contributed by atoms with E-state index in [1.54, 1.807) is 47.1 Å². The number of nitrogens with zero attached hydrogens (tertiary/aromatic N) is 4. The van der Waals surface area contributed by atoms with E-state index in [1.807, 2.05) is 30.3 Å². The van der Waals surface area contributed by atoms with Crippen molar-refractivity contribution in [1.82, 2.24) is 19.6 Å². The number of aromatic nitrogens is 4. The zero-order valence-corrected chi connectivity index (χ0v) is 13.0. The topological polar surface area (TPSA) is 81.4 Å². The molecule has 0 saturated heterocycles. The van der Waals surface area contributed by atoms with Crippen LogP contribution in [-0.2, 0) is 0 Å². The Morgan fingerprint density at radius 2 is 1.80 bits per heavy atom. The minimum atomic E-state index is -0.378. The number of para-hydroxylation sites is 1. The van der Waals surface area contributed by atoms with Crippen LogP contribution in [0.5, 0.6) is 11.6 Å². The van der Waals surface area contributed by atoms with Crippen molar-refractivity contribution >= 4 is 17.5 Å². The molecule has 25 heavy (non-hydrogen) atoms. The van der Waals surface area contributed by atoms with Gasteiger partial charge in [-0.25, -0.2) is 4.98 Å². The van der Waals surface area contributed by atoms with Crippen molar-refractivity contribution in [3.63, 3.8) is 0 Å². The Balaban J connectivity index is 1.62. The molecule has 4 rings (SSSR count). The summed E-state index contributed by atoms with van der Waals surface area (Å²) in [6.07, 6.45) is 3.34. The first kappa shape index (κ1) is 14.8. The number of hydrogen-bond acceptors (Lipinski definition) is 5. The van der Waals surface area contributed by atoms with Gasteiger partial charge in [0.15, 0.2) is 5.65 Å². The lowest BCUT2D eigenvalue weighted by atomic mass is 10.2. The molecule has 3 heterocycles. The number of benzene rings is 1. The third-order valence-corrected chi connectivity index (χ3v) is 3.51. The number of carbonyl (C=O) groups is 1. The maximum absolute atomic E-state index is 12.7. The van der Waals surface area contributed by atoms with Crippen LogP contribution in [-0.4, -0.2) is 25.5 Å². The smallest absolute Gasteiger partial charge is 0.263 e. The van der Waals surface area contributed by atoms with Gasteiger partial charge in [0.25, 0.3) is 5.91 Å². The van der Waals surface area contributed by atoms with Crippen molar-refractivity contribution in [3.05, 3.63) is 78.6 Å². The standard InChI is InChI=1S/C18H13N5O2/c24-16(20-18-22-21-15-10-4-5-12-23(15)18)14-9-6-11-19-17(14)25-13-7-2-1-3-8-13/h1-12H,(H,20,22,24). The lowest BCUT2D eigenvalue weighted by Crippen LogP contribution is -2.15. The summed E-state index contributed by atoms with van der Waals surface area (Å²) in [4.78, 5) is 16.8. The average Bonchev–Trinajstić information content (AvgIpc) is 3.06. The van der Waals surface area contributed by atoms with Crippen molar-refractivity contribution < 1.29 is 9.53 Å². The summed E-state index contributed by atoms with van der Waals surface area (Å²) in [5.41, 5.74) is 0.948. The second-order valence-electron chi connectivity index (χ2n) is 5.18. The molecule has 0 unspecified atom stereocenters. The van der Waals surface area contributed by atoms with E-state index in [9.17, 15) is 4.79 Å². The number of hydrogen-bond donors (Lipinski definition) is 1. The fraction of sp³-hybridized carbons (Fsp3) is 0. The van der Waals surface area contributed by atoms with Crippen molar-refractivity contribution in [1.29, 1.82) is 0 Å². The van der Waals surface area contributed by atoms with Gasteiger partial charge in [-0.2, -0.15) is 0 Å². The van der Waals surface area contributed by atoms with Crippen LogP contribution in [0.4, 0.5) is 5.95 Å².